The van der Waals surface area contributed by atoms with E-state index in [1.807, 2.05) is 0 Å². The van der Waals surface area contributed by atoms with Crippen molar-refractivity contribution in [2.45, 2.75) is 39.5 Å². The van der Waals surface area contributed by atoms with Crippen molar-refractivity contribution in [3.63, 3.8) is 0 Å². The second kappa shape index (κ2) is 11.3. The van der Waals surface area contributed by atoms with Crippen LogP contribution in [0.25, 0.3) is 0 Å². The Hall–Kier alpha value is -3.42. The fourth-order valence-electron chi connectivity index (χ4n) is 2.25. The number of terminal acetylenes is 2. The summed E-state index contributed by atoms with van der Waals surface area (Å²) in [6.45, 7) is 5.47. The normalized spacial score (nSPS) is 9.57. The van der Waals surface area contributed by atoms with E-state index in [9.17, 15) is 0 Å². The second-order valence-electron chi connectivity index (χ2n) is 6.09. The van der Waals surface area contributed by atoms with Gasteiger partial charge in [-0.1, -0.05) is 38.5 Å². The molecular formula is C24H24N2O2. The maximum Gasteiger partial charge on any atom is 0.124 e. The quantitative estimate of drug-likeness (QED) is 0.515. The van der Waals surface area contributed by atoms with Crippen molar-refractivity contribution in [3.8, 4) is 48.0 Å². The first kappa shape index (κ1) is 20.9. The van der Waals surface area contributed by atoms with E-state index in [2.05, 4.69) is 47.5 Å². The molecule has 0 amide bonds. The molecule has 142 valence electrons. The predicted octanol–water partition coefficient (Wildman–Crippen LogP) is 4.20. The average molecular weight is 372 g/mol. The largest absolute Gasteiger partial charge is 0.493 e. The monoisotopic (exact) mass is 372 g/mol. The number of pyridine rings is 2. The molecule has 0 atom stereocenters. The van der Waals surface area contributed by atoms with E-state index < -0.39 is 0 Å². The molecule has 0 saturated heterocycles. The van der Waals surface area contributed by atoms with Crippen LogP contribution in [0.1, 0.15) is 62.3 Å². The van der Waals surface area contributed by atoms with E-state index in [0.29, 0.717) is 47.5 Å². The molecule has 2 rings (SSSR count). The second-order valence-corrected chi connectivity index (χ2v) is 6.09. The Labute approximate surface area is 167 Å². The van der Waals surface area contributed by atoms with E-state index in [1.165, 1.54) is 0 Å². The summed E-state index contributed by atoms with van der Waals surface area (Å²) >= 11 is 0. The molecule has 0 bridgehead atoms. The van der Waals surface area contributed by atoms with Crippen molar-refractivity contribution in [2.24, 2.45) is 0 Å². The Kier molecular flexibility index (Phi) is 8.45. The van der Waals surface area contributed by atoms with Crippen molar-refractivity contribution >= 4 is 0 Å². The topological polar surface area (TPSA) is 44.2 Å². The van der Waals surface area contributed by atoms with Gasteiger partial charge in [0.15, 0.2) is 0 Å². The SMILES string of the molecule is C#Cc1cc(OCCCC)cc(C#Cc2cc(OCCCC)cc(C#C)n2)n1. The van der Waals surface area contributed by atoms with E-state index in [1.54, 1.807) is 24.3 Å². The molecule has 2 heterocycles. The summed E-state index contributed by atoms with van der Waals surface area (Å²) < 4.78 is 11.5. The maximum atomic E-state index is 5.73. The molecular weight excluding hydrogens is 348 g/mol. The Bertz CT molecular complexity index is 864. The van der Waals surface area contributed by atoms with Crippen molar-refractivity contribution in [2.75, 3.05) is 13.2 Å². The fraction of sp³-hybridized carbons (Fsp3) is 0.333. The third-order valence-electron chi connectivity index (χ3n) is 3.75. The molecule has 0 aliphatic heterocycles. The van der Waals surface area contributed by atoms with Gasteiger partial charge in [0.25, 0.3) is 0 Å². The highest BCUT2D eigenvalue weighted by atomic mass is 16.5. The Morgan fingerprint density at radius 2 is 1.11 bits per heavy atom. The zero-order valence-electron chi connectivity index (χ0n) is 16.4. The lowest BCUT2D eigenvalue weighted by atomic mass is 10.2. The summed E-state index contributed by atoms with van der Waals surface area (Å²) in [4.78, 5) is 8.66. The zero-order valence-corrected chi connectivity index (χ0v) is 16.4. The fourth-order valence-corrected chi connectivity index (χ4v) is 2.25. The molecule has 4 nitrogen and oxygen atoms in total. The Morgan fingerprint density at radius 1 is 0.714 bits per heavy atom. The van der Waals surface area contributed by atoms with Crippen LogP contribution in [0.15, 0.2) is 24.3 Å². The van der Waals surface area contributed by atoms with Gasteiger partial charge >= 0.3 is 0 Å². The number of ether oxygens (including phenoxy) is 2. The van der Waals surface area contributed by atoms with E-state index >= 15 is 0 Å². The molecule has 0 unspecified atom stereocenters. The van der Waals surface area contributed by atoms with Crippen molar-refractivity contribution in [1.29, 1.82) is 0 Å². The van der Waals surface area contributed by atoms with Crippen molar-refractivity contribution in [3.05, 3.63) is 47.0 Å². The first-order valence-electron chi connectivity index (χ1n) is 9.43. The molecule has 0 fully saturated rings. The van der Waals surface area contributed by atoms with E-state index in [0.717, 1.165) is 25.7 Å². The molecule has 0 aromatic carbocycles. The average Bonchev–Trinajstić information content (AvgIpc) is 2.72. The Balaban J connectivity index is 2.26. The maximum absolute atomic E-state index is 5.73. The van der Waals surface area contributed by atoms with Gasteiger partial charge in [0, 0.05) is 24.3 Å². The molecule has 2 aromatic rings. The van der Waals surface area contributed by atoms with Gasteiger partial charge in [0.1, 0.15) is 34.3 Å². The van der Waals surface area contributed by atoms with Crippen LogP contribution in [0.2, 0.25) is 0 Å². The van der Waals surface area contributed by atoms with Gasteiger partial charge in [-0.15, -0.1) is 12.8 Å². The predicted molar refractivity (Wildman–Crippen MR) is 111 cm³/mol. The van der Waals surface area contributed by atoms with E-state index in [4.69, 9.17) is 22.3 Å². The first-order chi connectivity index (χ1) is 13.7. The van der Waals surface area contributed by atoms with Gasteiger partial charge in [-0.25, -0.2) is 9.97 Å². The number of aromatic nitrogens is 2. The lowest BCUT2D eigenvalue weighted by Crippen LogP contribution is -1.99. The van der Waals surface area contributed by atoms with Crippen molar-refractivity contribution in [1.82, 2.24) is 9.97 Å². The molecule has 0 radical (unpaired) electrons. The van der Waals surface area contributed by atoms with Crippen molar-refractivity contribution < 1.29 is 9.47 Å². The summed E-state index contributed by atoms with van der Waals surface area (Å²) in [5.41, 5.74) is 1.99. The summed E-state index contributed by atoms with van der Waals surface area (Å²) in [5, 5.41) is 0. The van der Waals surface area contributed by atoms with E-state index in [-0.39, 0.29) is 0 Å². The number of hydrogen-bond acceptors (Lipinski definition) is 4. The van der Waals surface area contributed by atoms with Crippen LogP contribution in [0.4, 0.5) is 0 Å². The van der Waals surface area contributed by atoms with Crippen LogP contribution in [-0.4, -0.2) is 23.2 Å². The van der Waals surface area contributed by atoms with Gasteiger partial charge in [-0.05, 0) is 24.7 Å². The van der Waals surface area contributed by atoms with Crippen LogP contribution in [0, 0.1) is 36.5 Å². The summed E-state index contributed by atoms with van der Waals surface area (Å²) in [7, 11) is 0. The molecule has 0 N–H and O–H groups in total. The number of unbranched alkanes of at least 4 members (excludes halogenated alkanes) is 2. The highest BCUT2D eigenvalue weighted by Crippen LogP contribution is 2.16. The van der Waals surface area contributed by atoms with Gasteiger partial charge in [-0.2, -0.15) is 0 Å². The van der Waals surface area contributed by atoms with Gasteiger partial charge in [0.05, 0.1) is 13.2 Å². The van der Waals surface area contributed by atoms with Crippen LogP contribution in [0.3, 0.4) is 0 Å². The van der Waals surface area contributed by atoms with Crippen LogP contribution in [-0.2, 0) is 0 Å². The number of hydrogen-bond donors (Lipinski definition) is 0. The standard InChI is InChI=1S/C24H24N2O2/c1-5-9-13-27-23-15-19(7-3)25-21(17-23)11-12-22-18-24(28-14-10-6-2)16-20(8-4)26-22/h3-4,15-18H,5-6,9-10,13-14H2,1-2H3. The third-order valence-corrected chi connectivity index (χ3v) is 3.75. The minimum absolute atomic E-state index is 0.479. The summed E-state index contributed by atoms with van der Waals surface area (Å²) in [6, 6.07) is 7.01. The van der Waals surface area contributed by atoms with Crippen LogP contribution >= 0.6 is 0 Å². The highest BCUT2D eigenvalue weighted by molar-refractivity contribution is 5.46. The summed E-state index contributed by atoms with van der Waals surface area (Å²) in [5.74, 6) is 12.4. The van der Waals surface area contributed by atoms with Gasteiger partial charge in [0.2, 0.25) is 0 Å². The molecule has 0 aliphatic rings. The molecule has 0 spiro atoms. The minimum Gasteiger partial charge on any atom is -0.493 e. The lowest BCUT2D eigenvalue weighted by molar-refractivity contribution is 0.308. The molecule has 4 heteroatoms. The Morgan fingerprint density at radius 3 is 1.46 bits per heavy atom. The minimum atomic E-state index is 0.479. The molecule has 28 heavy (non-hydrogen) atoms. The van der Waals surface area contributed by atoms with Crippen LogP contribution in [0.5, 0.6) is 11.5 Å². The first-order valence-corrected chi connectivity index (χ1v) is 9.43. The van der Waals surface area contributed by atoms with Crippen LogP contribution < -0.4 is 9.47 Å². The lowest BCUT2D eigenvalue weighted by Gasteiger charge is -2.06. The zero-order chi connectivity index (χ0) is 20.2. The van der Waals surface area contributed by atoms with Gasteiger partial charge in [-0.3, -0.25) is 0 Å². The smallest absolute Gasteiger partial charge is 0.124 e. The third kappa shape index (κ3) is 6.71. The molecule has 0 saturated carbocycles. The van der Waals surface area contributed by atoms with Gasteiger partial charge < -0.3 is 9.47 Å². The number of rotatable bonds is 8. The molecule has 0 aliphatic carbocycles. The highest BCUT2D eigenvalue weighted by Gasteiger charge is 2.03. The number of nitrogens with zero attached hydrogens (tertiary/aromatic N) is 2. The molecule has 2 aromatic heterocycles. The summed E-state index contributed by atoms with van der Waals surface area (Å²) in [6.07, 6.45) is 15.0.